The third-order valence-electron chi connectivity index (χ3n) is 2.64. The van der Waals surface area contributed by atoms with Gasteiger partial charge in [0.05, 0.1) is 11.3 Å². The zero-order valence-electron chi connectivity index (χ0n) is 10.7. The second kappa shape index (κ2) is 6.75. The zero-order valence-corrected chi connectivity index (χ0v) is 11.5. The largest absolute Gasteiger partial charge is 0.293 e. The molecule has 0 aliphatic rings. The van der Waals surface area contributed by atoms with Gasteiger partial charge in [0.1, 0.15) is 17.4 Å². The Balaban J connectivity index is 2.73. The van der Waals surface area contributed by atoms with Gasteiger partial charge in [-0.1, -0.05) is 19.8 Å². The van der Waals surface area contributed by atoms with E-state index in [0.29, 0.717) is 12.5 Å². The van der Waals surface area contributed by atoms with Crippen LogP contribution in [0.15, 0.2) is 18.2 Å². The Morgan fingerprint density at radius 1 is 1.21 bits per heavy atom. The molecule has 0 fully saturated rings. The summed E-state index contributed by atoms with van der Waals surface area (Å²) in [5.74, 6) is -3.50. The van der Waals surface area contributed by atoms with Crippen molar-refractivity contribution in [2.75, 3.05) is 11.5 Å². The van der Waals surface area contributed by atoms with Crippen LogP contribution in [0.4, 0.5) is 8.78 Å². The minimum atomic E-state index is -3.54. The lowest BCUT2D eigenvalue weighted by atomic mass is 10.1. The summed E-state index contributed by atoms with van der Waals surface area (Å²) < 4.78 is 49.3. The van der Waals surface area contributed by atoms with Gasteiger partial charge in [-0.05, 0) is 18.6 Å². The average Bonchev–Trinajstić information content (AvgIpc) is 2.28. The van der Waals surface area contributed by atoms with Crippen LogP contribution >= 0.6 is 0 Å². The van der Waals surface area contributed by atoms with Gasteiger partial charge in [-0.25, -0.2) is 17.2 Å². The van der Waals surface area contributed by atoms with E-state index < -0.39 is 33.0 Å². The molecule has 0 radical (unpaired) electrons. The zero-order chi connectivity index (χ0) is 14.5. The molecular weight excluding hydrogens is 274 g/mol. The predicted octanol–water partition coefficient (Wildman–Crippen LogP) is 2.75. The number of unbranched alkanes of at least 4 members (excludes halogenated alkanes) is 2. The summed E-state index contributed by atoms with van der Waals surface area (Å²) in [5, 5.41) is 0. The monoisotopic (exact) mass is 290 g/mol. The van der Waals surface area contributed by atoms with Crippen molar-refractivity contribution in [3.05, 3.63) is 35.4 Å². The van der Waals surface area contributed by atoms with E-state index in [1.54, 1.807) is 0 Å². The Kier molecular flexibility index (Phi) is 5.60. The molecule has 0 aliphatic heterocycles. The van der Waals surface area contributed by atoms with Crippen molar-refractivity contribution in [2.45, 2.75) is 26.2 Å². The van der Waals surface area contributed by atoms with Crippen molar-refractivity contribution in [3.8, 4) is 0 Å². The maximum Gasteiger partial charge on any atom is 0.180 e. The lowest BCUT2D eigenvalue weighted by Crippen LogP contribution is -2.20. The quantitative estimate of drug-likeness (QED) is 0.573. The van der Waals surface area contributed by atoms with Crippen LogP contribution in [0, 0.1) is 11.6 Å². The predicted molar refractivity (Wildman–Crippen MR) is 68.9 cm³/mol. The number of hydrogen-bond donors (Lipinski definition) is 0. The second-order valence-corrected chi connectivity index (χ2v) is 6.53. The molecule has 19 heavy (non-hydrogen) atoms. The van der Waals surface area contributed by atoms with Gasteiger partial charge >= 0.3 is 0 Å². The number of halogens is 2. The van der Waals surface area contributed by atoms with Crippen LogP contribution in [-0.2, 0) is 9.84 Å². The molecule has 0 saturated carbocycles. The number of benzene rings is 1. The molecule has 1 rings (SSSR count). The van der Waals surface area contributed by atoms with Crippen LogP contribution in [0.1, 0.15) is 36.5 Å². The minimum absolute atomic E-state index is 0.0879. The maximum atomic E-state index is 13.3. The Hall–Kier alpha value is -1.30. The molecule has 0 aliphatic carbocycles. The highest BCUT2D eigenvalue weighted by Crippen LogP contribution is 2.12. The Bertz CT molecular complexity index is 553. The molecule has 0 N–H and O–H groups in total. The summed E-state index contributed by atoms with van der Waals surface area (Å²) in [5.41, 5.74) is -0.388. The number of carbonyl (C=O) groups excluding carboxylic acids is 1. The molecule has 0 spiro atoms. The van der Waals surface area contributed by atoms with Gasteiger partial charge in [-0.15, -0.1) is 0 Å². The molecule has 0 amide bonds. The van der Waals surface area contributed by atoms with E-state index in [0.717, 1.165) is 25.0 Å². The summed E-state index contributed by atoms with van der Waals surface area (Å²) in [6.45, 7) is 1.94. The molecule has 0 saturated heterocycles. The Morgan fingerprint density at radius 2 is 1.89 bits per heavy atom. The fourth-order valence-electron chi connectivity index (χ4n) is 1.64. The molecule has 0 aromatic heterocycles. The number of sulfone groups is 1. The normalized spacial score (nSPS) is 11.5. The summed E-state index contributed by atoms with van der Waals surface area (Å²) in [6.07, 6.45) is 2.12. The molecule has 1 aromatic rings. The molecule has 6 heteroatoms. The van der Waals surface area contributed by atoms with E-state index in [2.05, 4.69) is 0 Å². The summed E-state index contributed by atoms with van der Waals surface area (Å²) in [7, 11) is -3.54. The number of ketones is 1. The summed E-state index contributed by atoms with van der Waals surface area (Å²) in [4.78, 5) is 11.7. The van der Waals surface area contributed by atoms with E-state index in [1.165, 1.54) is 0 Å². The average molecular weight is 290 g/mol. The van der Waals surface area contributed by atoms with Crippen LogP contribution in [-0.4, -0.2) is 25.7 Å². The van der Waals surface area contributed by atoms with Crippen molar-refractivity contribution in [1.29, 1.82) is 0 Å². The minimum Gasteiger partial charge on any atom is -0.293 e. The van der Waals surface area contributed by atoms with Gasteiger partial charge in [0.2, 0.25) is 0 Å². The topological polar surface area (TPSA) is 51.2 Å². The molecule has 1 aromatic carbocycles. The van der Waals surface area contributed by atoms with Gasteiger partial charge in [0.25, 0.3) is 0 Å². The van der Waals surface area contributed by atoms with Crippen molar-refractivity contribution in [1.82, 2.24) is 0 Å². The van der Waals surface area contributed by atoms with E-state index >= 15 is 0 Å². The van der Waals surface area contributed by atoms with Gasteiger partial charge in [-0.2, -0.15) is 0 Å². The first-order chi connectivity index (χ1) is 8.85. The molecule has 3 nitrogen and oxygen atoms in total. The highest BCUT2D eigenvalue weighted by Gasteiger charge is 2.20. The van der Waals surface area contributed by atoms with E-state index in [1.807, 2.05) is 6.92 Å². The first kappa shape index (κ1) is 15.8. The maximum absolute atomic E-state index is 13.3. The lowest BCUT2D eigenvalue weighted by molar-refractivity contribution is 0.101. The summed E-state index contributed by atoms with van der Waals surface area (Å²) in [6, 6.07) is 2.46. The fraction of sp³-hybridized carbons (Fsp3) is 0.462. The van der Waals surface area contributed by atoms with Gasteiger partial charge < -0.3 is 0 Å². The van der Waals surface area contributed by atoms with Crippen LogP contribution in [0.3, 0.4) is 0 Å². The van der Waals surface area contributed by atoms with Crippen LogP contribution in [0.5, 0.6) is 0 Å². The SMILES string of the molecule is CCCCCS(=O)(=O)CC(=O)c1ccc(F)cc1F. The highest BCUT2D eigenvalue weighted by molar-refractivity contribution is 7.92. The molecule has 0 unspecified atom stereocenters. The van der Waals surface area contributed by atoms with Gasteiger partial charge in [0, 0.05) is 6.07 Å². The van der Waals surface area contributed by atoms with Crippen LogP contribution in [0.25, 0.3) is 0 Å². The summed E-state index contributed by atoms with van der Waals surface area (Å²) >= 11 is 0. The molecule has 106 valence electrons. The number of carbonyl (C=O) groups is 1. The van der Waals surface area contributed by atoms with Crippen molar-refractivity contribution < 1.29 is 22.0 Å². The second-order valence-electron chi connectivity index (χ2n) is 4.35. The van der Waals surface area contributed by atoms with Crippen molar-refractivity contribution >= 4 is 15.6 Å². The first-order valence-corrected chi connectivity index (χ1v) is 7.86. The number of rotatable bonds is 7. The van der Waals surface area contributed by atoms with E-state index in [-0.39, 0.29) is 11.3 Å². The third kappa shape index (κ3) is 5.06. The van der Waals surface area contributed by atoms with Crippen LogP contribution < -0.4 is 0 Å². The fourth-order valence-corrected chi connectivity index (χ4v) is 2.98. The van der Waals surface area contributed by atoms with E-state index in [4.69, 9.17) is 0 Å². The molecular formula is C13H16F2O3S. The van der Waals surface area contributed by atoms with E-state index in [9.17, 15) is 22.0 Å². The van der Waals surface area contributed by atoms with Crippen molar-refractivity contribution in [3.63, 3.8) is 0 Å². The molecule has 0 heterocycles. The number of Topliss-reactive ketones (excluding diaryl/α,β-unsaturated/α-hetero) is 1. The van der Waals surface area contributed by atoms with Crippen molar-refractivity contribution in [2.24, 2.45) is 0 Å². The third-order valence-corrected chi connectivity index (χ3v) is 4.25. The van der Waals surface area contributed by atoms with Gasteiger partial charge in [0.15, 0.2) is 15.6 Å². The van der Waals surface area contributed by atoms with Crippen LogP contribution in [0.2, 0.25) is 0 Å². The smallest absolute Gasteiger partial charge is 0.180 e. The Labute approximate surface area is 111 Å². The number of hydrogen-bond acceptors (Lipinski definition) is 3. The standard InChI is InChI=1S/C13H16F2O3S/c1-2-3-4-7-19(17,18)9-13(16)11-6-5-10(14)8-12(11)15/h5-6,8H,2-4,7,9H2,1H3. The Morgan fingerprint density at radius 3 is 2.47 bits per heavy atom. The first-order valence-electron chi connectivity index (χ1n) is 6.04. The molecule has 0 bridgehead atoms. The molecule has 0 atom stereocenters. The lowest BCUT2D eigenvalue weighted by Gasteiger charge is -2.04. The highest BCUT2D eigenvalue weighted by atomic mass is 32.2. The van der Waals surface area contributed by atoms with Gasteiger partial charge in [-0.3, -0.25) is 4.79 Å².